The van der Waals surface area contributed by atoms with Gasteiger partial charge in [-0.2, -0.15) is 0 Å². The molecule has 2 unspecified atom stereocenters. The lowest BCUT2D eigenvalue weighted by atomic mass is 9.81. The lowest BCUT2D eigenvalue weighted by Gasteiger charge is -2.36. The van der Waals surface area contributed by atoms with Crippen LogP contribution in [0.25, 0.3) is 10.9 Å². The second kappa shape index (κ2) is 5.38. The van der Waals surface area contributed by atoms with Gasteiger partial charge in [-0.05, 0) is 43.5 Å². The third-order valence-electron chi connectivity index (χ3n) is 4.05. The molecular formula is C16H20N2O2. The maximum Gasteiger partial charge on any atom is 0.129 e. The van der Waals surface area contributed by atoms with Gasteiger partial charge in [0.15, 0.2) is 0 Å². The first-order chi connectivity index (χ1) is 9.70. The molecule has 1 saturated carbocycles. The van der Waals surface area contributed by atoms with Crippen molar-refractivity contribution in [2.24, 2.45) is 5.73 Å². The average Bonchev–Trinajstić information content (AvgIpc) is 2.48. The molecule has 1 aliphatic rings. The van der Waals surface area contributed by atoms with Gasteiger partial charge in [-0.25, -0.2) is 0 Å². The summed E-state index contributed by atoms with van der Waals surface area (Å²) in [5.41, 5.74) is 6.61. The smallest absolute Gasteiger partial charge is 0.129 e. The van der Waals surface area contributed by atoms with Crippen LogP contribution in [0, 0.1) is 0 Å². The number of fused-ring (bicyclic) bond motifs is 1. The Morgan fingerprint density at radius 3 is 3.10 bits per heavy atom. The molecule has 2 atom stereocenters. The second-order valence-corrected chi connectivity index (χ2v) is 5.68. The van der Waals surface area contributed by atoms with Crippen molar-refractivity contribution in [1.82, 2.24) is 4.98 Å². The molecule has 2 aromatic rings. The van der Waals surface area contributed by atoms with Gasteiger partial charge in [0.2, 0.25) is 0 Å². The highest BCUT2D eigenvalue weighted by Gasteiger charge is 2.33. The van der Waals surface area contributed by atoms with E-state index in [2.05, 4.69) is 4.98 Å². The van der Waals surface area contributed by atoms with E-state index in [1.165, 1.54) is 0 Å². The summed E-state index contributed by atoms with van der Waals surface area (Å²) in [6, 6.07) is 9.83. The van der Waals surface area contributed by atoms with Crippen molar-refractivity contribution in [3.63, 3.8) is 0 Å². The number of nitrogens with zero attached hydrogens (tertiary/aromatic N) is 1. The molecule has 1 aromatic carbocycles. The van der Waals surface area contributed by atoms with Crippen LogP contribution in [0.4, 0.5) is 0 Å². The highest BCUT2D eigenvalue weighted by Crippen LogP contribution is 2.31. The van der Waals surface area contributed by atoms with Gasteiger partial charge in [0, 0.05) is 23.5 Å². The number of aliphatic hydroxyl groups excluding tert-OH is 1. The number of aliphatic hydroxyl groups is 1. The molecule has 1 fully saturated rings. The van der Waals surface area contributed by atoms with E-state index in [0.717, 1.165) is 35.9 Å². The minimum atomic E-state index is -0.494. The minimum absolute atomic E-state index is 0.0178. The predicted molar refractivity (Wildman–Crippen MR) is 78.6 cm³/mol. The monoisotopic (exact) mass is 272 g/mol. The summed E-state index contributed by atoms with van der Waals surface area (Å²) in [6.45, 7) is 0.0178. The molecule has 0 saturated heterocycles. The summed E-state index contributed by atoms with van der Waals surface area (Å²) < 4.78 is 6.13. The topological polar surface area (TPSA) is 68.4 Å². The van der Waals surface area contributed by atoms with Crippen LogP contribution in [0.15, 0.2) is 36.5 Å². The van der Waals surface area contributed by atoms with Crippen molar-refractivity contribution >= 4 is 10.9 Å². The van der Waals surface area contributed by atoms with Gasteiger partial charge in [-0.3, -0.25) is 4.98 Å². The molecule has 0 aliphatic heterocycles. The Morgan fingerprint density at radius 2 is 2.25 bits per heavy atom. The number of nitrogens with two attached hydrogens (primary N) is 1. The lowest BCUT2D eigenvalue weighted by Crippen LogP contribution is -2.50. The van der Waals surface area contributed by atoms with E-state index < -0.39 is 5.54 Å². The molecule has 1 aliphatic carbocycles. The van der Waals surface area contributed by atoms with Crippen molar-refractivity contribution in [2.45, 2.75) is 37.3 Å². The van der Waals surface area contributed by atoms with Gasteiger partial charge < -0.3 is 15.6 Å². The van der Waals surface area contributed by atoms with Gasteiger partial charge in [0.1, 0.15) is 11.9 Å². The summed E-state index contributed by atoms with van der Waals surface area (Å²) in [5, 5.41) is 10.4. The number of ether oxygens (including phenoxy) is 1. The fourth-order valence-electron chi connectivity index (χ4n) is 2.94. The Labute approximate surface area is 118 Å². The van der Waals surface area contributed by atoms with Gasteiger partial charge in [0.25, 0.3) is 0 Å². The number of rotatable bonds is 3. The maximum atomic E-state index is 9.42. The van der Waals surface area contributed by atoms with E-state index >= 15 is 0 Å². The zero-order chi connectivity index (χ0) is 14.0. The summed E-state index contributed by atoms with van der Waals surface area (Å²) in [5.74, 6) is 0.850. The Bertz CT molecular complexity index is 597. The number of hydrogen-bond donors (Lipinski definition) is 2. The predicted octanol–water partition coefficient (Wildman–Crippen LogP) is 2.25. The zero-order valence-corrected chi connectivity index (χ0v) is 11.5. The van der Waals surface area contributed by atoms with Crippen LogP contribution in [-0.4, -0.2) is 28.3 Å². The quantitative estimate of drug-likeness (QED) is 0.899. The first kappa shape index (κ1) is 13.3. The Balaban J connectivity index is 1.83. The van der Waals surface area contributed by atoms with Crippen LogP contribution in [0.1, 0.15) is 25.7 Å². The lowest BCUT2D eigenvalue weighted by molar-refractivity contribution is 0.0738. The van der Waals surface area contributed by atoms with Crippen molar-refractivity contribution in [3.8, 4) is 5.75 Å². The largest absolute Gasteiger partial charge is 0.490 e. The minimum Gasteiger partial charge on any atom is -0.490 e. The van der Waals surface area contributed by atoms with Crippen molar-refractivity contribution in [3.05, 3.63) is 36.5 Å². The molecule has 3 N–H and O–H groups in total. The molecule has 0 spiro atoms. The fraction of sp³-hybridized carbons (Fsp3) is 0.438. The normalized spacial score (nSPS) is 26.6. The number of aromatic nitrogens is 1. The second-order valence-electron chi connectivity index (χ2n) is 5.68. The summed E-state index contributed by atoms with van der Waals surface area (Å²) in [4.78, 5) is 4.34. The first-order valence-electron chi connectivity index (χ1n) is 7.10. The van der Waals surface area contributed by atoms with E-state index in [9.17, 15) is 5.11 Å². The van der Waals surface area contributed by atoms with Gasteiger partial charge in [0.05, 0.1) is 12.1 Å². The molecular weight excluding hydrogens is 252 g/mol. The van der Waals surface area contributed by atoms with E-state index in [4.69, 9.17) is 10.5 Å². The molecule has 106 valence electrons. The summed E-state index contributed by atoms with van der Waals surface area (Å²) >= 11 is 0. The number of hydrogen-bond acceptors (Lipinski definition) is 4. The summed E-state index contributed by atoms with van der Waals surface area (Å²) in [6.07, 6.45) is 5.37. The number of pyridine rings is 1. The molecule has 4 heteroatoms. The number of benzene rings is 1. The molecule has 0 radical (unpaired) electrons. The fourth-order valence-corrected chi connectivity index (χ4v) is 2.94. The van der Waals surface area contributed by atoms with Crippen LogP contribution >= 0.6 is 0 Å². The van der Waals surface area contributed by atoms with Crippen LogP contribution in [0.2, 0.25) is 0 Å². The maximum absolute atomic E-state index is 9.42. The van der Waals surface area contributed by atoms with E-state index in [0.29, 0.717) is 6.42 Å². The van der Waals surface area contributed by atoms with E-state index in [-0.39, 0.29) is 12.7 Å². The third-order valence-corrected chi connectivity index (χ3v) is 4.05. The van der Waals surface area contributed by atoms with Gasteiger partial charge in [-0.15, -0.1) is 0 Å². The van der Waals surface area contributed by atoms with Gasteiger partial charge in [-0.1, -0.05) is 6.07 Å². The molecule has 1 heterocycles. The van der Waals surface area contributed by atoms with Crippen molar-refractivity contribution in [2.75, 3.05) is 6.61 Å². The van der Waals surface area contributed by atoms with Crippen molar-refractivity contribution in [1.29, 1.82) is 0 Å². The third kappa shape index (κ3) is 2.62. The highest BCUT2D eigenvalue weighted by atomic mass is 16.5. The molecule has 20 heavy (non-hydrogen) atoms. The van der Waals surface area contributed by atoms with Crippen LogP contribution in [0.5, 0.6) is 5.75 Å². The van der Waals surface area contributed by atoms with Crippen LogP contribution in [-0.2, 0) is 0 Å². The Morgan fingerprint density at radius 1 is 1.35 bits per heavy atom. The Kier molecular flexibility index (Phi) is 3.59. The molecule has 4 nitrogen and oxygen atoms in total. The molecule has 3 rings (SSSR count). The van der Waals surface area contributed by atoms with Gasteiger partial charge >= 0.3 is 0 Å². The van der Waals surface area contributed by atoms with Crippen molar-refractivity contribution < 1.29 is 9.84 Å². The van der Waals surface area contributed by atoms with Crippen LogP contribution < -0.4 is 10.5 Å². The standard InChI is InChI=1S/C16H20N2O2/c17-16(11-19)8-2-4-12(10-16)20-15-7-1-6-14-13(15)5-3-9-18-14/h1,3,5-7,9,12,19H,2,4,8,10-11,17H2. The zero-order valence-electron chi connectivity index (χ0n) is 11.5. The SMILES string of the molecule is NC1(CO)CCCC(Oc2cccc3ncccc23)C1. The van der Waals surface area contributed by atoms with Crippen LogP contribution in [0.3, 0.4) is 0 Å². The van der Waals surface area contributed by atoms with E-state index in [1.807, 2.05) is 30.3 Å². The van der Waals surface area contributed by atoms with E-state index in [1.54, 1.807) is 6.20 Å². The molecule has 0 amide bonds. The molecule has 0 bridgehead atoms. The summed E-state index contributed by atoms with van der Waals surface area (Å²) in [7, 11) is 0. The highest BCUT2D eigenvalue weighted by molar-refractivity contribution is 5.84. The first-order valence-corrected chi connectivity index (χ1v) is 7.10. The Hall–Kier alpha value is -1.65. The molecule has 1 aromatic heterocycles. The average molecular weight is 272 g/mol.